The first-order valence-corrected chi connectivity index (χ1v) is 32.6. The molecule has 31 nitrogen and oxygen atoms in total. The molecule has 5 saturated heterocycles. The van der Waals surface area contributed by atoms with E-state index in [1.165, 1.54) is 13.8 Å². The number of aliphatic hydroxyl groups excluding tert-OH is 6. The molecule has 0 aliphatic carbocycles. The summed E-state index contributed by atoms with van der Waals surface area (Å²) in [5, 5.41) is 73.0. The summed E-state index contributed by atoms with van der Waals surface area (Å²) in [7, 11) is 17.3. The zero-order valence-electron chi connectivity index (χ0n) is 52.7. The first-order valence-electron chi connectivity index (χ1n) is 28.7. The van der Waals surface area contributed by atoms with Crippen LogP contribution in [0.25, 0.3) is 0 Å². The number of hydroxylamine groups is 2. The Hall–Kier alpha value is -2.87. The van der Waals surface area contributed by atoms with Gasteiger partial charge < -0.3 is 106 Å². The first-order chi connectivity index (χ1) is 42.0. The Bertz CT molecular complexity index is 2410. The number of esters is 1. The van der Waals surface area contributed by atoms with Crippen LogP contribution >= 0.6 is 0 Å². The summed E-state index contributed by atoms with van der Waals surface area (Å²) in [6.07, 6.45) is -9.61. The molecule has 6 aliphatic rings. The number of carbonyl (C=O) groups excluding carboxylic acids is 4. The number of carbonyl (C=O) groups is 4. The third kappa shape index (κ3) is 20.8. The van der Waals surface area contributed by atoms with E-state index >= 15 is 0 Å². The number of aliphatic carboxylic acids is 1. The Morgan fingerprint density at radius 2 is 1.06 bits per heavy atom. The molecule has 6 heterocycles. The van der Waals surface area contributed by atoms with Crippen LogP contribution < -0.4 is 40.6 Å². The Morgan fingerprint density at radius 1 is 0.656 bits per heavy atom. The van der Waals surface area contributed by atoms with Crippen molar-refractivity contribution >= 4 is 83.7 Å². The molecule has 0 bridgehead atoms. The molecule has 1 aromatic carbocycles. The van der Waals surface area contributed by atoms with E-state index in [2.05, 4.69) is 75.4 Å². The van der Waals surface area contributed by atoms with Gasteiger partial charge in [-0.2, -0.15) is 0 Å². The van der Waals surface area contributed by atoms with Gasteiger partial charge in [-0.3, -0.25) is 14.4 Å². The van der Waals surface area contributed by atoms with Crippen LogP contribution in [0.3, 0.4) is 0 Å². The number of carboxylic acid groups (broad SMARTS) is 1. The number of hydrogen-bond acceptors (Lipinski definition) is 30. The summed E-state index contributed by atoms with van der Waals surface area (Å²) in [4.78, 5) is 65.7. The topological polar surface area (TPSA) is 414 Å². The summed E-state index contributed by atoms with van der Waals surface area (Å²) in [6.45, 7) is 19.6. The predicted molar refractivity (Wildman–Crippen MR) is 313 cm³/mol. The van der Waals surface area contributed by atoms with Crippen LogP contribution in [0.2, 0.25) is 22.2 Å². The number of amides is 2. The van der Waals surface area contributed by atoms with Crippen molar-refractivity contribution in [3.05, 3.63) is 35.4 Å². The molecule has 8 N–H and O–H groups in total. The van der Waals surface area contributed by atoms with Crippen molar-refractivity contribution in [2.45, 2.75) is 196 Å². The molecule has 6 aliphatic heterocycles. The zero-order chi connectivity index (χ0) is 66.7. The van der Waals surface area contributed by atoms with Crippen molar-refractivity contribution in [2.24, 2.45) is 16.2 Å². The van der Waals surface area contributed by atoms with Crippen molar-refractivity contribution in [1.82, 2.24) is 5.06 Å². The Labute approximate surface area is 552 Å². The average molecular weight is 1320 g/mol. The Balaban J connectivity index is 0.000000343. The fourth-order valence-electron chi connectivity index (χ4n) is 10.0. The molecule has 90 heavy (non-hydrogen) atoms. The van der Waals surface area contributed by atoms with E-state index in [1.54, 1.807) is 31.2 Å². The van der Waals surface area contributed by atoms with E-state index in [0.717, 1.165) is 5.06 Å². The van der Waals surface area contributed by atoms with Crippen LogP contribution in [0, 0.1) is 0 Å². The fraction of sp³-hybridized carbons (Fsp3) is 0.769. The minimum Gasteiger partial charge on any atom is -0.543 e. The summed E-state index contributed by atoms with van der Waals surface area (Å²) in [5.41, 5.74) is 0.954. The maximum Gasteiger partial charge on any atom is 1.00 e. The molecule has 0 spiro atoms. The van der Waals surface area contributed by atoms with Gasteiger partial charge in [0.2, 0.25) is 13.6 Å². The number of aliphatic hydroxyl groups is 6. The molecule has 38 heteroatoms. The van der Waals surface area contributed by atoms with Gasteiger partial charge in [0.15, 0.2) is 19.3 Å². The van der Waals surface area contributed by atoms with Crippen molar-refractivity contribution in [3.8, 4) is 0 Å². The van der Waals surface area contributed by atoms with Crippen LogP contribution in [0.15, 0.2) is 34.6 Å². The smallest absolute Gasteiger partial charge is 0.543 e. The van der Waals surface area contributed by atoms with Crippen LogP contribution in [-0.4, -0.2) is 277 Å². The molecule has 0 saturated carbocycles. The van der Waals surface area contributed by atoms with E-state index in [0.29, 0.717) is 11.1 Å². The van der Waals surface area contributed by atoms with Gasteiger partial charge in [-0.15, -0.1) is 5.06 Å². The average Bonchev–Trinajstić information content (AvgIpc) is 0.930. The number of benzene rings is 1. The maximum atomic E-state index is 12.6. The van der Waals surface area contributed by atoms with Gasteiger partial charge in [-0.1, -0.05) is 77.8 Å². The van der Waals surface area contributed by atoms with E-state index < -0.39 is 152 Å². The number of oxime groups is 2. The molecule has 7 rings (SSSR count). The Morgan fingerprint density at radius 3 is 1.43 bits per heavy atom. The van der Waals surface area contributed by atoms with Gasteiger partial charge in [0.1, 0.15) is 105 Å². The van der Waals surface area contributed by atoms with Gasteiger partial charge in [0.25, 0.3) is 11.8 Å². The number of nitrogens with zero attached hydrogens (tertiary/aromatic N) is 3. The maximum absolute atomic E-state index is 12.6. The molecule has 5 fully saturated rings. The van der Waals surface area contributed by atoms with Gasteiger partial charge >= 0.3 is 52.6 Å². The molecular weight excluding hydrogens is 1230 g/mol. The van der Waals surface area contributed by atoms with Crippen LogP contribution in [0.4, 0.5) is 0 Å². The molecular formula is C52H83B4N4NaO27Si2. The van der Waals surface area contributed by atoms with E-state index in [-0.39, 0.29) is 110 Å². The number of carboxylic acids is 1. The number of ether oxygens (including phenoxy) is 9. The predicted octanol–water partition coefficient (Wildman–Crippen LogP) is -5.87. The van der Waals surface area contributed by atoms with Crippen LogP contribution in [0.1, 0.15) is 96.9 Å². The fourth-order valence-corrected chi connectivity index (χ4v) is 21.2. The molecule has 4 unspecified atom stereocenters. The van der Waals surface area contributed by atoms with Gasteiger partial charge in [-0.25, -0.2) is 15.5 Å². The molecule has 2 amide bonds. The second-order valence-corrected chi connectivity index (χ2v) is 30.8. The standard InChI is InChI=1S/C26H40BNO8Si2.C11H18BNO7.C9H14BNO7.C6H12BNO5.Na/c1-15(2)37(16(3)4)33-13-21-22(35-38(36-37,17(5)6)18(7)8)23(24(27)34-21)31-14-32-28-25(29)19-11-9-10-12-20(19)26(28)30;1-3-17-11(16)6(2)13-19-5-18-9-8(15)7(4-14)20-10(9)12;1-4(9(14)15)11-17-3-16-7-6(13)5(2-12)18-8(7)10;7-6-5(11-2-12-8)4(10)3(1-9)13-6;/h9-12,15-18,21-24H,13-14H2,1-8H3;7-10,14-15H,3-5H2,1-2H3;5-8,12-13H,2-3H2,1H3,(H,14,15);3-6,9-10H,1-2,8H2;/q;;;;+1/p-1/b;13-6-;11-4-;;/t21-,22?,23+,24-;7-,8?,9+,10-;5-,6?,7+,8-;3-,4?,5+,6-;/m1111./s1. The summed E-state index contributed by atoms with van der Waals surface area (Å²) >= 11 is 0. The summed E-state index contributed by atoms with van der Waals surface area (Å²) < 4.78 is 68.0. The third-order valence-corrected chi connectivity index (χ3v) is 25.0. The molecule has 8 radical (unpaired) electrons. The largest absolute Gasteiger partial charge is 1.00 e. The second-order valence-electron chi connectivity index (χ2n) is 22.0. The third-order valence-electron chi connectivity index (χ3n) is 14.8. The monoisotopic (exact) mass is 1320 g/mol. The number of fused-ring (bicyclic) bond motifs is 2. The number of imide groups is 1. The SMILES string of the molecule is [B][C@@H]1O[C@@H]2CO[Si](C(C)C)(C(C)C)O[Si](C(C)C)(C(C)C)OC2[C@@H]1OCON1C(=O)c2ccccc2C1=O.[B][C@@H]1O[C@H](CO)C(O)[C@@H]1OCO/N=C(/C)C(=O)OCC.[B][C@@H]1O[C@H](CO)C(O)[C@@H]1OCO/N=C(/C)C(=O)[O-].[B][C@@H]1O[C@H](CO)C(O)[C@@H]1OCON.[Na+]. The quantitative estimate of drug-likeness (QED) is 0.00912. The van der Waals surface area contributed by atoms with E-state index in [1.807, 2.05) is 0 Å². The number of nitrogens with two attached hydrogens (primary N) is 1. The molecule has 1 aromatic rings. The molecule has 494 valence electrons. The minimum atomic E-state index is -2.91. The normalized spacial score (nSPS) is 31.1. The number of hydrogen-bond donors (Lipinski definition) is 7. The first kappa shape index (κ1) is 81.4. The van der Waals surface area contributed by atoms with Gasteiger partial charge in [-0.05, 0) is 55.1 Å². The molecule has 16 atom stereocenters. The van der Waals surface area contributed by atoms with Crippen LogP contribution in [-0.2, 0) is 84.5 Å². The summed E-state index contributed by atoms with van der Waals surface area (Å²) in [5.74, 6) is 1.62. The van der Waals surface area contributed by atoms with Crippen molar-refractivity contribution in [2.75, 3.05) is 60.2 Å². The number of rotatable bonds is 25. The van der Waals surface area contributed by atoms with Gasteiger partial charge in [0, 0.05) is 24.0 Å². The van der Waals surface area contributed by atoms with E-state index in [4.69, 9.17) is 118 Å². The van der Waals surface area contributed by atoms with Crippen molar-refractivity contribution in [1.29, 1.82) is 0 Å². The summed E-state index contributed by atoms with van der Waals surface area (Å²) in [6, 6.07) is 3.21. The van der Waals surface area contributed by atoms with Gasteiger partial charge in [0.05, 0.1) is 55.8 Å². The van der Waals surface area contributed by atoms with Crippen molar-refractivity contribution < 1.29 is 159 Å². The zero-order valence-corrected chi connectivity index (χ0v) is 56.7. The Kier molecular flexibility index (Phi) is 34.9. The van der Waals surface area contributed by atoms with E-state index in [9.17, 15) is 39.6 Å². The van der Waals surface area contributed by atoms with Crippen molar-refractivity contribution in [3.63, 3.8) is 0 Å². The molecule has 0 aromatic heterocycles. The van der Waals surface area contributed by atoms with Crippen LogP contribution in [0.5, 0.6) is 0 Å². The second kappa shape index (κ2) is 38.6. The minimum absolute atomic E-state index is 0.